The van der Waals surface area contributed by atoms with Crippen LogP contribution in [-0.2, 0) is 6.54 Å². The molecule has 0 bridgehead atoms. The van der Waals surface area contributed by atoms with Crippen molar-refractivity contribution in [2.24, 2.45) is 5.92 Å². The van der Waals surface area contributed by atoms with Gasteiger partial charge in [-0.2, -0.15) is 5.10 Å². The van der Waals surface area contributed by atoms with Gasteiger partial charge in [-0.3, -0.25) is 9.78 Å². The monoisotopic (exact) mass is 367 g/mol. The first kappa shape index (κ1) is 16.8. The number of hydrogen-bond donors (Lipinski definition) is 0. The summed E-state index contributed by atoms with van der Waals surface area (Å²) < 4.78 is 6.96. The van der Waals surface area contributed by atoms with Gasteiger partial charge in [0.2, 0.25) is 0 Å². The van der Waals surface area contributed by atoms with Crippen LogP contribution >= 0.6 is 9.24 Å². The summed E-state index contributed by atoms with van der Waals surface area (Å²) in [5.41, 5.74) is 2.10. The lowest BCUT2D eigenvalue weighted by atomic mass is 10.2. The summed E-state index contributed by atoms with van der Waals surface area (Å²) in [7, 11) is 2.59. The van der Waals surface area contributed by atoms with E-state index in [2.05, 4.69) is 29.3 Å². The first-order valence-corrected chi connectivity index (χ1v) is 8.98. The van der Waals surface area contributed by atoms with Gasteiger partial charge in [-0.15, -0.1) is 9.24 Å². The van der Waals surface area contributed by atoms with Crippen molar-refractivity contribution in [2.45, 2.75) is 19.4 Å². The third kappa shape index (κ3) is 4.11. The van der Waals surface area contributed by atoms with E-state index in [9.17, 15) is 4.79 Å². The Morgan fingerprint density at radius 2 is 1.96 bits per heavy atom. The van der Waals surface area contributed by atoms with Crippen LogP contribution in [-0.4, -0.2) is 31.3 Å². The van der Waals surface area contributed by atoms with Crippen LogP contribution in [0.15, 0.2) is 47.8 Å². The van der Waals surface area contributed by atoms with Gasteiger partial charge in [0.1, 0.15) is 0 Å². The molecule has 26 heavy (non-hydrogen) atoms. The summed E-state index contributed by atoms with van der Waals surface area (Å²) in [6.45, 7) is 1.02. The smallest absolute Gasteiger partial charge is 0.316 e. The second-order valence-corrected chi connectivity index (χ2v) is 7.02. The molecular weight excluding hydrogens is 349 g/mol. The third-order valence-electron chi connectivity index (χ3n) is 4.08. The maximum Gasteiger partial charge on any atom is 0.316 e. The minimum Gasteiger partial charge on any atom is -0.463 e. The summed E-state index contributed by atoms with van der Waals surface area (Å²) in [4.78, 5) is 24.7. The summed E-state index contributed by atoms with van der Waals surface area (Å²) in [5.74, 6) is 0.651. The Balaban J connectivity index is 1.54. The number of nitrogens with zero attached hydrogens (tertiary/aromatic N) is 5. The molecule has 0 aromatic carbocycles. The SMILES string of the molecule is O=c1ccc(-c2cnc(OCC3CC3)nc2)nn1Cc1cncc(P)c1. The Morgan fingerprint density at radius 1 is 1.15 bits per heavy atom. The summed E-state index contributed by atoms with van der Waals surface area (Å²) in [6, 6.07) is 5.50. The zero-order valence-electron chi connectivity index (χ0n) is 14.1. The maximum atomic E-state index is 12.1. The lowest BCUT2D eigenvalue weighted by Crippen LogP contribution is -2.23. The zero-order valence-corrected chi connectivity index (χ0v) is 15.2. The topological polar surface area (TPSA) is 82.8 Å². The Morgan fingerprint density at radius 3 is 2.69 bits per heavy atom. The van der Waals surface area contributed by atoms with Gasteiger partial charge >= 0.3 is 6.01 Å². The average Bonchev–Trinajstić information content (AvgIpc) is 3.47. The summed E-state index contributed by atoms with van der Waals surface area (Å²) >= 11 is 0. The molecule has 3 aromatic rings. The summed E-state index contributed by atoms with van der Waals surface area (Å²) in [5, 5.41) is 5.39. The van der Waals surface area contributed by atoms with Gasteiger partial charge in [0, 0.05) is 36.4 Å². The van der Waals surface area contributed by atoms with Gasteiger partial charge in [0.05, 0.1) is 18.8 Å². The van der Waals surface area contributed by atoms with E-state index in [4.69, 9.17) is 4.74 Å². The molecule has 0 N–H and O–H groups in total. The quantitative estimate of drug-likeness (QED) is 0.613. The van der Waals surface area contributed by atoms with E-state index < -0.39 is 0 Å². The van der Waals surface area contributed by atoms with Gasteiger partial charge in [-0.25, -0.2) is 14.6 Å². The van der Waals surface area contributed by atoms with E-state index in [0.29, 0.717) is 30.8 Å². The van der Waals surface area contributed by atoms with E-state index in [1.165, 1.54) is 23.6 Å². The maximum absolute atomic E-state index is 12.1. The Kier molecular flexibility index (Phi) is 4.71. The molecule has 0 aliphatic heterocycles. The fourth-order valence-electron chi connectivity index (χ4n) is 2.48. The Hall–Kier alpha value is -2.66. The number of pyridine rings is 1. The minimum absolute atomic E-state index is 0.173. The van der Waals surface area contributed by atoms with E-state index in [1.54, 1.807) is 30.9 Å². The first-order chi connectivity index (χ1) is 12.7. The van der Waals surface area contributed by atoms with Crippen LogP contribution in [0, 0.1) is 5.92 Å². The predicted molar refractivity (Wildman–Crippen MR) is 100 cm³/mol. The largest absolute Gasteiger partial charge is 0.463 e. The molecule has 3 aromatic heterocycles. The molecule has 132 valence electrons. The van der Waals surface area contributed by atoms with Crippen LogP contribution in [0.25, 0.3) is 11.3 Å². The van der Waals surface area contributed by atoms with Crippen LogP contribution in [0.3, 0.4) is 0 Å². The standard InChI is InChI=1S/C18H18N5O2P/c24-17-4-3-16(22-23(17)10-13-5-15(26)9-19-6-13)14-7-20-18(21-8-14)25-11-12-1-2-12/h3-9,12H,1-2,10-11,26H2. The fraction of sp³-hybridized carbons (Fsp3) is 0.278. The Bertz CT molecular complexity index is 970. The molecular formula is C18H18N5O2P. The number of rotatable bonds is 6. The van der Waals surface area contributed by atoms with Gasteiger partial charge < -0.3 is 4.74 Å². The van der Waals surface area contributed by atoms with Crippen LogP contribution in [0.1, 0.15) is 18.4 Å². The van der Waals surface area contributed by atoms with Gasteiger partial charge in [-0.05, 0) is 41.8 Å². The van der Waals surface area contributed by atoms with E-state index >= 15 is 0 Å². The van der Waals surface area contributed by atoms with Crippen molar-refractivity contribution in [1.82, 2.24) is 24.7 Å². The van der Waals surface area contributed by atoms with Crippen LogP contribution < -0.4 is 15.6 Å². The lowest BCUT2D eigenvalue weighted by molar-refractivity contribution is 0.276. The van der Waals surface area contributed by atoms with Crippen molar-refractivity contribution in [3.63, 3.8) is 0 Å². The van der Waals surface area contributed by atoms with Crippen molar-refractivity contribution in [2.75, 3.05) is 6.61 Å². The van der Waals surface area contributed by atoms with Crippen molar-refractivity contribution < 1.29 is 4.74 Å². The molecule has 0 radical (unpaired) electrons. The molecule has 3 heterocycles. The van der Waals surface area contributed by atoms with Gasteiger partial charge in [0.25, 0.3) is 5.56 Å². The number of ether oxygens (including phenoxy) is 1. The molecule has 0 saturated heterocycles. The Labute approximate surface area is 152 Å². The summed E-state index contributed by atoms with van der Waals surface area (Å²) in [6.07, 6.45) is 9.24. The number of hydrogen-bond acceptors (Lipinski definition) is 6. The molecule has 1 fully saturated rings. The van der Waals surface area contributed by atoms with E-state index in [0.717, 1.165) is 16.4 Å². The number of aromatic nitrogens is 5. The fourth-order valence-corrected chi connectivity index (χ4v) is 2.78. The van der Waals surface area contributed by atoms with Crippen LogP contribution in [0.5, 0.6) is 6.01 Å². The first-order valence-electron chi connectivity index (χ1n) is 8.40. The van der Waals surface area contributed by atoms with Gasteiger partial charge in [0.15, 0.2) is 0 Å². The molecule has 1 atom stereocenters. The van der Waals surface area contributed by atoms with Crippen molar-refractivity contribution in [1.29, 1.82) is 0 Å². The van der Waals surface area contributed by atoms with Crippen molar-refractivity contribution >= 4 is 14.5 Å². The van der Waals surface area contributed by atoms with E-state index in [1.807, 2.05) is 6.07 Å². The molecule has 0 amide bonds. The molecule has 4 rings (SSSR count). The van der Waals surface area contributed by atoms with Crippen molar-refractivity contribution in [3.8, 4) is 17.3 Å². The van der Waals surface area contributed by atoms with Crippen LogP contribution in [0.2, 0.25) is 0 Å². The second-order valence-electron chi connectivity index (χ2n) is 6.35. The molecule has 1 saturated carbocycles. The minimum atomic E-state index is -0.173. The molecule has 0 spiro atoms. The average molecular weight is 367 g/mol. The van der Waals surface area contributed by atoms with Crippen LogP contribution in [0.4, 0.5) is 0 Å². The van der Waals surface area contributed by atoms with Crippen molar-refractivity contribution in [3.05, 3.63) is 58.9 Å². The normalized spacial score (nSPS) is 13.6. The highest BCUT2D eigenvalue weighted by Gasteiger charge is 2.22. The predicted octanol–water partition coefficient (Wildman–Crippen LogP) is 1.43. The van der Waals surface area contributed by atoms with Gasteiger partial charge in [-0.1, -0.05) is 0 Å². The third-order valence-corrected chi connectivity index (χ3v) is 4.40. The zero-order chi connectivity index (χ0) is 17.9. The second kappa shape index (κ2) is 7.30. The highest BCUT2D eigenvalue weighted by Crippen LogP contribution is 2.29. The highest BCUT2D eigenvalue weighted by molar-refractivity contribution is 7.27. The molecule has 7 nitrogen and oxygen atoms in total. The molecule has 1 aliphatic carbocycles. The van der Waals surface area contributed by atoms with E-state index in [-0.39, 0.29) is 5.56 Å². The molecule has 1 unspecified atom stereocenters. The molecule has 1 aliphatic rings. The highest BCUT2D eigenvalue weighted by atomic mass is 31.0. The molecule has 8 heteroatoms. The lowest BCUT2D eigenvalue weighted by Gasteiger charge is -2.08.